The van der Waals surface area contributed by atoms with Crippen LogP contribution >= 0.6 is 0 Å². The summed E-state index contributed by atoms with van der Waals surface area (Å²) < 4.78 is 0. The summed E-state index contributed by atoms with van der Waals surface area (Å²) in [5.41, 5.74) is 8.30. The Labute approximate surface area is 348 Å². The second-order valence-electron chi connectivity index (χ2n) is 15.4. The zero-order chi connectivity index (χ0) is 40.0. The molecule has 280 valence electrons. The summed E-state index contributed by atoms with van der Waals surface area (Å²) in [6.07, 6.45) is 4.32. The van der Waals surface area contributed by atoms with E-state index >= 15 is 0 Å². The molecule has 0 aromatic heterocycles. The highest BCUT2D eigenvalue weighted by atomic mass is 14.8. The minimum atomic E-state index is 0.214. The van der Waals surface area contributed by atoms with E-state index < -0.39 is 0 Å². The van der Waals surface area contributed by atoms with E-state index in [1.807, 2.05) is 30.3 Å². The van der Waals surface area contributed by atoms with Gasteiger partial charge in [0, 0.05) is 11.1 Å². The zero-order valence-corrected chi connectivity index (χ0v) is 32.8. The van der Waals surface area contributed by atoms with Gasteiger partial charge in [-0.2, -0.15) is 0 Å². The van der Waals surface area contributed by atoms with Crippen LogP contribution in [0.1, 0.15) is 16.7 Å². The number of hydrogen-bond acceptors (Lipinski definition) is 1. The average Bonchev–Trinajstić information content (AvgIpc) is 3.32. The van der Waals surface area contributed by atoms with E-state index in [0.717, 1.165) is 44.3 Å². The monoisotopic (exact) mass is 762 g/mol. The van der Waals surface area contributed by atoms with Crippen LogP contribution in [0.3, 0.4) is 0 Å². The second kappa shape index (κ2) is 14.8. The van der Waals surface area contributed by atoms with Gasteiger partial charge >= 0.3 is 0 Å². The number of hydrogen-bond donors (Lipinski definition) is 1. The van der Waals surface area contributed by atoms with Gasteiger partial charge < -0.3 is 0 Å². The van der Waals surface area contributed by atoms with Gasteiger partial charge in [0.05, 0.1) is 5.71 Å². The summed E-state index contributed by atoms with van der Waals surface area (Å²) in [6.45, 7) is 0. The molecule has 0 unspecified atom stereocenters. The predicted molar refractivity (Wildman–Crippen MR) is 258 cm³/mol. The van der Waals surface area contributed by atoms with E-state index in [0.29, 0.717) is 0 Å². The van der Waals surface area contributed by atoms with Gasteiger partial charge in [-0.05, 0) is 111 Å². The standard InChI is InChI=1S/C58H38N2/c59-58(40-18-2-1-3-19-40)60-55(43-23-14-22-41(36-43)46-31-15-21-38-16-4-7-24-44(38)46)35-34-50-48-27-10-12-29-51(48)57(52-30-13-11-28-49(50)52)56-47-26-9-6-20-42(47)37-54-45-25-8-5-17-39(45)32-33-53(54)56/h1-37,59H/b35-34+,59-58?,60-55?. The summed E-state index contributed by atoms with van der Waals surface area (Å²) in [6, 6.07) is 75.4. The van der Waals surface area contributed by atoms with Gasteiger partial charge in [0.15, 0.2) is 5.84 Å². The molecule has 2 nitrogen and oxygen atoms in total. The number of amidine groups is 1. The average molecular weight is 763 g/mol. The number of fused-ring (bicyclic) bond motifs is 7. The summed E-state index contributed by atoms with van der Waals surface area (Å²) in [4.78, 5) is 5.06. The molecule has 0 fully saturated rings. The molecule has 11 aromatic carbocycles. The first-order chi connectivity index (χ1) is 29.7. The number of aliphatic imine (C=N–C) groups is 1. The summed E-state index contributed by atoms with van der Waals surface area (Å²) in [5.74, 6) is 0.214. The molecule has 0 saturated heterocycles. The Kier molecular flexibility index (Phi) is 8.68. The van der Waals surface area contributed by atoms with Crippen molar-refractivity contribution in [3.05, 3.63) is 235 Å². The van der Waals surface area contributed by atoms with Crippen LogP contribution in [0.5, 0.6) is 0 Å². The van der Waals surface area contributed by atoms with Gasteiger partial charge in [-0.25, -0.2) is 4.99 Å². The molecule has 60 heavy (non-hydrogen) atoms. The number of benzene rings is 11. The molecule has 0 heterocycles. The fraction of sp³-hybridized carbons (Fsp3) is 0. The third-order valence-corrected chi connectivity index (χ3v) is 11.9. The first-order valence-electron chi connectivity index (χ1n) is 20.5. The molecule has 0 amide bonds. The first kappa shape index (κ1) is 35.2. The quantitative estimate of drug-likeness (QED) is 0.0758. The first-order valence-corrected chi connectivity index (χ1v) is 20.5. The van der Waals surface area contributed by atoms with Crippen molar-refractivity contribution in [3.63, 3.8) is 0 Å². The molecule has 2 heteroatoms. The lowest BCUT2D eigenvalue weighted by Gasteiger charge is -2.20. The highest BCUT2D eigenvalue weighted by Gasteiger charge is 2.19. The lowest BCUT2D eigenvalue weighted by Crippen LogP contribution is -2.04. The van der Waals surface area contributed by atoms with E-state index in [1.165, 1.54) is 65.0 Å². The Morgan fingerprint density at radius 1 is 0.367 bits per heavy atom. The van der Waals surface area contributed by atoms with Crippen molar-refractivity contribution in [3.8, 4) is 22.3 Å². The Morgan fingerprint density at radius 3 is 1.62 bits per heavy atom. The predicted octanol–water partition coefficient (Wildman–Crippen LogP) is 15.5. The van der Waals surface area contributed by atoms with Crippen LogP contribution in [0, 0.1) is 5.41 Å². The Morgan fingerprint density at radius 2 is 0.883 bits per heavy atom. The van der Waals surface area contributed by atoms with Crippen molar-refractivity contribution >= 4 is 82.3 Å². The van der Waals surface area contributed by atoms with Gasteiger partial charge in [-0.1, -0.05) is 206 Å². The van der Waals surface area contributed by atoms with Crippen molar-refractivity contribution in [1.29, 1.82) is 5.41 Å². The van der Waals surface area contributed by atoms with Crippen molar-refractivity contribution in [2.45, 2.75) is 0 Å². The number of allylic oxidation sites excluding steroid dienone is 1. The van der Waals surface area contributed by atoms with Crippen molar-refractivity contribution < 1.29 is 0 Å². The molecule has 0 spiro atoms. The van der Waals surface area contributed by atoms with E-state index in [9.17, 15) is 0 Å². The highest BCUT2D eigenvalue weighted by molar-refractivity contribution is 6.28. The number of nitrogens with one attached hydrogen (secondary N) is 1. The molecule has 0 radical (unpaired) electrons. The maximum Gasteiger partial charge on any atom is 0.152 e. The molecule has 0 aliphatic rings. The maximum atomic E-state index is 9.16. The number of nitrogens with zero attached hydrogens (tertiary/aromatic N) is 1. The largest absolute Gasteiger partial charge is 0.282 e. The van der Waals surface area contributed by atoms with Crippen molar-refractivity contribution in [2.75, 3.05) is 0 Å². The van der Waals surface area contributed by atoms with Crippen LogP contribution in [0.4, 0.5) is 0 Å². The zero-order valence-electron chi connectivity index (χ0n) is 32.8. The van der Waals surface area contributed by atoms with Gasteiger partial charge in [0.2, 0.25) is 0 Å². The van der Waals surface area contributed by atoms with Gasteiger partial charge in [0.25, 0.3) is 0 Å². The Balaban J connectivity index is 1.14. The normalized spacial score (nSPS) is 12.1. The van der Waals surface area contributed by atoms with Gasteiger partial charge in [-0.15, -0.1) is 0 Å². The molecule has 0 aliphatic heterocycles. The van der Waals surface area contributed by atoms with Crippen LogP contribution in [-0.4, -0.2) is 11.5 Å². The molecule has 0 aliphatic carbocycles. The molecule has 11 rings (SSSR count). The second-order valence-corrected chi connectivity index (χ2v) is 15.4. The number of rotatable bonds is 6. The lowest BCUT2D eigenvalue weighted by atomic mass is 9.83. The Hall–Kier alpha value is -7.94. The van der Waals surface area contributed by atoms with E-state index in [-0.39, 0.29) is 5.84 Å². The van der Waals surface area contributed by atoms with Crippen LogP contribution in [0.15, 0.2) is 223 Å². The smallest absolute Gasteiger partial charge is 0.152 e. The summed E-state index contributed by atoms with van der Waals surface area (Å²) in [5, 5.41) is 23.7. The molecule has 1 N–H and O–H groups in total. The maximum absolute atomic E-state index is 9.16. The van der Waals surface area contributed by atoms with Crippen LogP contribution < -0.4 is 0 Å². The molecule has 0 saturated carbocycles. The lowest BCUT2D eigenvalue weighted by molar-refractivity contribution is 1.41. The van der Waals surface area contributed by atoms with E-state index in [4.69, 9.17) is 10.4 Å². The van der Waals surface area contributed by atoms with Crippen molar-refractivity contribution in [2.24, 2.45) is 4.99 Å². The fourth-order valence-electron chi connectivity index (χ4n) is 9.17. The molecule has 11 aromatic rings. The molecular weight excluding hydrogens is 725 g/mol. The minimum Gasteiger partial charge on any atom is -0.282 e. The van der Waals surface area contributed by atoms with Crippen LogP contribution in [0.2, 0.25) is 0 Å². The van der Waals surface area contributed by atoms with Crippen LogP contribution in [-0.2, 0) is 0 Å². The SMILES string of the molecule is N=C(N=C(/C=C/c1c2ccccc2c(-c2c3ccccc3cc3c2ccc2ccccc23)c2ccccc12)c1cccc(-c2cccc3ccccc23)c1)c1ccccc1. The fourth-order valence-corrected chi connectivity index (χ4v) is 9.17. The molecule has 0 atom stereocenters. The van der Waals surface area contributed by atoms with E-state index in [1.54, 1.807) is 0 Å². The van der Waals surface area contributed by atoms with Crippen molar-refractivity contribution in [1.82, 2.24) is 0 Å². The minimum absolute atomic E-state index is 0.214. The van der Waals surface area contributed by atoms with Gasteiger partial charge in [-0.3, -0.25) is 5.41 Å². The third-order valence-electron chi connectivity index (χ3n) is 11.9. The van der Waals surface area contributed by atoms with E-state index in [2.05, 4.69) is 194 Å². The molecule has 0 bridgehead atoms. The third kappa shape index (κ3) is 6.06. The highest BCUT2D eigenvalue weighted by Crippen LogP contribution is 2.46. The van der Waals surface area contributed by atoms with Crippen LogP contribution in [0.25, 0.3) is 93.0 Å². The summed E-state index contributed by atoms with van der Waals surface area (Å²) in [7, 11) is 0. The van der Waals surface area contributed by atoms with Gasteiger partial charge in [0.1, 0.15) is 0 Å². The summed E-state index contributed by atoms with van der Waals surface area (Å²) >= 11 is 0. The Bertz CT molecular complexity index is 3490. The molecular formula is C58H38N2. The topological polar surface area (TPSA) is 36.2 Å².